The molecule has 0 radical (unpaired) electrons. The van der Waals surface area contributed by atoms with Crippen LogP contribution in [0.5, 0.6) is 0 Å². The Morgan fingerprint density at radius 1 is 1.22 bits per heavy atom. The summed E-state index contributed by atoms with van der Waals surface area (Å²) in [7, 11) is 0. The van der Waals surface area contributed by atoms with Gasteiger partial charge in [0.25, 0.3) is 0 Å². The van der Waals surface area contributed by atoms with Crippen LogP contribution >= 0.6 is 27.3 Å². The molecule has 0 saturated carbocycles. The molecule has 1 N–H and O–H groups in total. The van der Waals surface area contributed by atoms with Crippen molar-refractivity contribution >= 4 is 44.1 Å². The number of hydrogen-bond acceptors (Lipinski definition) is 4. The minimum Gasteiger partial charge on any atom is -0.462 e. The van der Waals surface area contributed by atoms with E-state index in [1.165, 1.54) is 11.3 Å². The molecule has 0 unspecified atom stereocenters. The van der Waals surface area contributed by atoms with Gasteiger partial charge in [-0.15, -0.1) is 11.3 Å². The third-order valence-corrected chi connectivity index (χ3v) is 4.58. The normalized spacial score (nSPS) is 10.4. The number of thiophene rings is 1. The van der Waals surface area contributed by atoms with E-state index in [9.17, 15) is 9.59 Å². The molecular weight excluding hydrogens is 378 g/mol. The maximum atomic E-state index is 12.4. The fraction of sp³-hybridized carbons (Fsp3) is 0.294. The highest BCUT2D eigenvalue weighted by Gasteiger charge is 2.22. The van der Waals surface area contributed by atoms with Crippen LogP contribution in [0.2, 0.25) is 0 Å². The third kappa shape index (κ3) is 4.42. The molecule has 1 amide bonds. The van der Waals surface area contributed by atoms with Crippen molar-refractivity contribution in [2.45, 2.75) is 26.7 Å². The predicted molar refractivity (Wildman–Crippen MR) is 96.9 cm³/mol. The summed E-state index contributed by atoms with van der Waals surface area (Å²) in [6.07, 6.45) is 1.18. The van der Waals surface area contributed by atoms with Crippen LogP contribution < -0.4 is 5.32 Å². The molecular formula is C17H18BrNO3S. The van der Waals surface area contributed by atoms with Crippen molar-refractivity contribution in [3.63, 3.8) is 0 Å². The molecule has 0 aliphatic heterocycles. The number of esters is 1. The van der Waals surface area contributed by atoms with Gasteiger partial charge in [-0.25, -0.2) is 4.79 Å². The second kappa shape index (κ2) is 8.26. The minimum atomic E-state index is -0.418. The van der Waals surface area contributed by atoms with Gasteiger partial charge in [0.15, 0.2) is 0 Å². The van der Waals surface area contributed by atoms with E-state index in [0.717, 1.165) is 22.0 Å². The molecule has 0 fully saturated rings. The molecule has 23 heavy (non-hydrogen) atoms. The van der Waals surface area contributed by atoms with Gasteiger partial charge in [-0.1, -0.05) is 35.0 Å². The van der Waals surface area contributed by atoms with Crippen molar-refractivity contribution in [1.82, 2.24) is 0 Å². The zero-order chi connectivity index (χ0) is 16.8. The average molecular weight is 396 g/mol. The second-order valence-corrected chi connectivity index (χ2v) is 6.67. The lowest BCUT2D eigenvalue weighted by Crippen LogP contribution is -2.14. The first-order chi connectivity index (χ1) is 11.1. The van der Waals surface area contributed by atoms with Gasteiger partial charge in [0.1, 0.15) is 10.6 Å². The molecule has 1 aromatic heterocycles. The molecule has 0 aliphatic carbocycles. The van der Waals surface area contributed by atoms with Crippen molar-refractivity contribution in [2.75, 3.05) is 11.9 Å². The van der Waals surface area contributed by atoms with Crippen LogP contribution in [0.3, 0.4) is 0 Å². The summed E-state index contributed by atoms with van der Waals surface area (Å²) >= 11 is 4.74. The number of nitrogens with one attached hydrogen (secondary N) is 1. The van der Waals surface area contributed by atoms with Crippen molar-refractivity contribution in [2.24, 2.45) is 0 Å². The monoisotopic (exact) mass is 395 g/mol. The van der Waals surface area contributed by atoms with Crippen LogP contribution in [0.1, 0.15) is 37.0 Å². The zero-order valence-corrected chi connectivity index (χ0v) is 15.4. The van der Waals surface area contributed by atoms with Crippen LogP contribution in [0, 0.1) is 0 Å². The Hall–Kier alpha value is -1.66. The van der Waals surface area contributed by atoms with Gasteiger partial charge in [0, 0.05) is 21.8 Å². The molecule has 2 aromatic rings. The van der Waals surface area contributed by atoms with Gasteiger partial charge in [-0.2, -0.15) is 0 Å². The molecule has 0 bridgehead atoms. The Kier molecular flexibility index (Phi) is 6.36. The molecule has 4 nitrogen and oxygen atoms in total. The first-order valence-electron chi connectivity index (χ1n) is 7.41. The van der Waals surface area contributed by atoms with Crippen molar-refractivity contribution in [3.05, 3.63) is 39.7 Å². The van der Waals surface area contributed by atoms with Crippen LogP contribution in [-0.4, -0.2) is 18.5 Å². The number of carbonyl (C=O) groups excluding carboxylic acids is 2. The Balaban J connectivity index is 2.42. The Bertz CT molecular complexity index is 694. The summed E-state index contributed by atoms with van der Waals surface area (Å²) < 4.78 is 6.13. The minimum absolute atomic E-state index is 0.0951. The van der Waals surface area contributed by atoms with Gasteiger partial charge in [0.05, 0.1) is 6.61 Å². The average Bonchev–Trinajstić information content (AvgIpc) is 2.92. The van der Waals surface area contributed by atoms with E-state index in [1.807, 2.05) is 36.6 Å². The van der Waals surface area contributed by atoms with Crippen LogP contribution in [0.4, 0.5) is 5.00 Å². The van der Waals surface area contributed by atoms with Crippen molar-refractivity contribution in [3.8, 4) is 11.1 Å². The number of ether oxygens (including phenoxy) is 1. The molecule has 6 heteroatoms. The highest BCUT2D eigenvalue weighted by molar-refractivity contribution is 9.10. The summed E-state index contributed by atoms with van der Waals surface area (Å²) in [6, 6.07) is 7.67. The summed E-state index contributed by atoms with van der Waals surface area (Å²) in [5.74, 6) is -0.513. The smallest absolute Gasteiger partial charge is 0.341 e. The molecule has 122 valence electrons. The van der Waals surface area contributed by atoms with E-state index >= 15 is 0 Å². The number of carbonyl (C=O) groups is 2. The number of benzene rings is 1. The first-order valence-corrected chi connectivity index (χ1v) is 9.08. The van der Waals surface area contributed by atoms with Crippen LogP contribution in [0.15, 0.2) is 34.1 Å². The van der Waals surface area contributed by atoms with Crippen LogP contribution in [-0.2, 0) is 9.53 Å². The van der Waals surface area contributed by atoms with E-state index in [4.69, 9.17) is 4.74 Å². The zero-order valence-electron chi connectivity index (χ0n) is 13.0. The van der Waals surface area contributed by atoms with Gasteiger partial charge in [-0.3, -0.25) is 4.79 Å². The largest absolute Gasteiger partial charge is 0.462 e. The molecule has 0 atom stereocenters. The maximum absolute atomic E-state index is 12.4. The molecule has 0 saturated heterocycles. The maximum Gasteiger partial charge on any atom is 0.341 e. The molecule has 1 heterocycles. The van der Waals surface area contributed by atoms with Gasteiger partial charge in [0.2, 0.25) is 5.91 Å². The molecule has 0 spiro atoms. The van der Waals surface area contributed by atoms with E-state index in [-0.39, 0.29) is 12.5 Å². The molecule has 0 aliphatic rings. The lowest BCUT2D eigenvalue weighted by atomic mass is 10.0. The number of amides is 1. The van der Waals surface area contributed by atoms with Gasteiger partial charge >= 0.3 is 5.97 Å². The molecule has 2 rings (SSSR count). The first kappa shape index (κ1) is 17.7. The number of anilines is 1. The van der Waals surface area contributed by atoms with Crippen LogP contribution in [0.25, 0.3) is 11.1 Å². The highest BCUT2D eigenvalue weighted by atomic mass is 79.9. The van der Waals surface area contributed by atoms with Gasteiger partial charge < -0.3 is 10.1 Å². The lowest BCUT2D eigenvalue weighted by molar-refractivity contribution is -0.116. The lowest BCUT2D eigenvalue weighted by Gasteiger charge is -2.08. The summed E-state index contributed by atoms with van der Waals surface area (Å²) in [5, 5.41) is 5.24. The summed E-state index contributed by atoms with van der Waals surface area (Å²) in [6.45, 7) is 3.99. The topological polar surface area (TPSA) is 55.4 Å². The van der Waals surface area contributed by atoms with Crippen molar-refractivity contribution < 1.29 is 14.3 Å². The summed E-state index contributed by atoms with van der Waals surface area (Å²) in [5.41, 5.74) is 2.10. The van der Waals surface area contributed by atoms with E-state index in [0.29, 0.717) is 17.0 Å². The van der Waals surface area contributed by atoms with E-state index < -0.39 is 5.97 Å². The quantitative estimate of drug-likeness (QED) is 0.692. The van der Waals surface area contributed by atoms with E-state index in [2.05, 4.69) is 21.2 Å². The fourth-order valence-electron chi connectivity index (χ4n) is 2.11. The van der Waals surface area contributed by atoms with Crippen molar-refractivity contribution in [1.29, 1.82) is 0 Å². The number of halogens is 1. The Morgan fingerprint density at radius 2 is 1.91 bits per heavy atom. The summed E-state index contributed by atoms with van der Waals surface area (Å²) in [4.78, 5) is 24.2. The fourth-order valence-corrected chi connectivity index (χ4v) is 3.35. The number of rotatable bonds is 6. The SMILES string of the molecule is CCCC(=O)Nc1scc(-c2ccc(Br)cc2)c1C(=O)OCC. The standard InChI is InChI=1S/C17H18BrNO3S/c1-3-5-14(20)19-16-15(17(21)22-4-2)13(10-23-16)11-6-8-12(18)9-7-11/h6-10H,3-5H2,1-2H3,(H,19,20). The third-order valence-electron chi connectivity index (χ3n) is 3.16. The van der Waals surface area contributed by atoms with Gasteiger partial charge in [-0.05, 0) is 31.0 Å². The van der Waals surface area contributed by atoms with E-state index in [1.54, 1.807) is 6.92 Å². The highest BCUT2D eigenvalue weighted by Crippen LogP contribution is 2.36. The Labute approximate surface area is 148 Å². The number of hydrogen-bond donors (Lipinski definition) is 1. The Morgan fingerprint density at radius 3 is 2.52 bits per heavy atom. The molecule has 1 aromatic carbocycles. The predicted octanol–water partition coefficient (Wildman–Crippen LogP) is 5.09. The second-order valence-electron chi connectivity index (χ2n) is 4.88.